The second kappa shape index (κ2) is 9.13. The molecule has 3 heterocycles. The first-order valence-corrected chi connectivity index (χ1v) is 11.6. The number of allylic oxidation sites excluding steroid dienone is 1. The Morgan fingerprint density at radius 2 is 2.06 bits per heavy atom. The Hall–Kier alpha value is -3.17. The number of carbonyl (C=O) groups is 1. The Balaban J connectivity index is 1.95. The summed E-state index contributed by atoms with van der Waals surface area (Å²) in [5.41, 5.74) is 1.42. The normalized spacial score (nSPS) is 15.9. The lowest BCUT2D eigenvalue weighted by atomic mass is 10.0. The first kappa shape index (κ1) is 22.0. The molecule has 2 aromatic heterocycles. The molecule has 7 nitrogen and oxygen atoms in total. The third-order valence-electron chi connectivity index (χ3n) is 5.05. The van der Waals surface area contributed by atoms with Gasteiger partial charge in [0.25, 0.3) is 5.56 Å². The minimum absolute atomic E-state index is 0.230. The standard InChI is InChI=1S/C23H22N2O5S2/c1-5-30-22(27)19-13(2)24-23-25(20(19)17-7-6-10-31-17)21(26)18(32-23)12-14-11-15(28-3)8-9-16(14)29-4/h6-12,20H,5H2,1-4H3. The summed E-state index contributed by atoms with van der Waals surface area (Å²) in [5.74, 6) is 0.812. The van der Waals surface area contributed by atoms with Crippen LogP contribution in [0, 0.1) is 0 Å². The minimum Gasteiger partial charge on any atom is -0.497 e. The second-order valence-corrected chi connectivity index (χ2v) is 8.91. The van der Waals surface area contributed by atoms with Gasteiger partial charge < -0.3 is 14.2 Å². The molecule has 9 heteroatoms. The molecule has 1 aliphatic heterocycles. The number of hydrogen-bond donors (Lipinski definition) is 0. The summed E-state index contributed by atoms with van der Waals surface area (Å²) in [6.07, 6.45) is 1.76. The molecule has 4 rings (SSSR count). The maximum absolute atomic E-state index is 13.6. The van der Waals surface area contributed by atoms with E-state index >= 15 is 0 Å². The lowest BCUT2D eigenvalue weighted by Crippen LogP contribution is -2.39. The number of nitrogens with zero attached hydrogens (tertiary/aromatic N) is 2. The Kier molecular flexibility index (Phi) is 6.29. The number of methoxy groups -OCH3 is 2. The van der Waals surface area contributed by atoms with Gasteiger partial charge in [-0.05, 0) is 49.6 Å². The summed E-state index contributed by atoms with van der Waals surface area (Å²) in [7, 11) is 3.16. The molecule has 0 radical (unpaired) electrons. The summed E-state index contributed by atoms with van der Waals surface area (Å²) < 4.78 is 18.1. The van der Waals surface area contributed by atoms with Crippen LogP contribution in [0.5, 0.6) is 11.5 Å². The van der Waals surface area contributed by atoms with Crippen LogP contribution in [-0.4, -0.2) is 31.4 Å². The average Bonchev–Trinajstić information content (AvgIpc) is 3.41. The number of aromatic nitrogens is 1. The van der Waals surface area contributed by atoms with E-state index in [1.54, 1.807) is 50.8 Å². The molecule has 166 valence electrons. The highest BCUT2D eigenvalue weighted by Crippen LogP contribution is 2.33. The molecule has 0 fully saturated rings. The highest BCUT2D eigenvalue weighted by Gasteiger charge is 2.33. The Morgan fingerprint density at radius 1 is 1.25 bits per heavy atom. The number of esters is 1. The smallest absolute Gasteiger partial charge is 0.338 e. The van der Waals surface area contributed by atoms with Gasteiger partial charge in [-0.2, -0.15) is 0 Å². The molecule has 0 N–H and O–H groups in total. The van der Waals surface area contributed by atoms with Crippen LogP contribution in [0.3, 0.4) is 0 Å². The maximum atomic E-state index is 13.6. The van der Waals surface area contributed by atoms with Gasteiger partial charge in [0.15, 0.2) is 4.80 Å². The Morgan fingerprint density at radius 3 is 2.72 bits per heavy atom. The first-order valence-electron chi connectivity index (χ1n) is 9.93. The fraction of sp³-hybridized carbons (Fsp3) is 0.261. The fourth-order valence-corrected chi connectivity index (χ4v) is 5.46. The van der Waals surface area contributed by atoms with E-state index in [2.05, 4.69) is 4.99 Å². The van der Waals surface area contributed by atoms with Gasteiger partial charge in [-0.1, -0.05) is 17.4 Å². The molecule has 1 aliphatic rings. The van der Waals surface area contributed by atoms with Gasteiger partial charge in [-0.25, -0.2) is 9.79 Å². The van der Waals surface area contributed by atoms with Crippen molar-refractivity contribution in [3.63, 3.8) is 0 Å². The van der Waals surface area contributed by atoms with E-state index in [1.807, 2.05) is 23.6 Å². The van der Waals surface area contributed by atoms with Crippen molar-refractivity contribution in [1.29, 1.82) is 0 Å². The third-order valence-corrected chi connectivity index (χ3v) is 6.96. The molecule has 0 saturated carbocycles. The lowest BCUT2D eigenvalue weighted by molar-refractivity contribution is -0.139. The molecule has 1 unspecified atom stereocenters. The van der Waals surface area contributed by atoms with Crippen LogP contribution in [0.4, 0.5) is 0 Å². The van der Waals surface area contributed by atoms with Gasteiger partial charge in [0, 0.05) is 10.4 Å². The van der Waals surface area contributed by atoms with Gasteiger partial charge in [-0.3, -0.25) is 9.36 Å². The first-order chi connectivity index (χ1) is 15.5. The Labute approximate surface area is 192 Å². The number of thiophene rings is 1. The van der Waals surface area contributed by atoms with Crippen molar-refractivity contribution < 1.29 is 19.0 Å². The van der Waals surface area contributed by atoms with E-state index in [1.165, 1.54) is 22.7 Å². The van der Waals surface area contributed by atoms with Crippen molar-refractivity contribution in [3.05, 3.63) is 77.1 Å². The minimum atomic E-state index is -0.584. The highest BCUT2D eigenvalue weighted by atomic mass is 32.1. The number of thiazole rings is 1. The van der Waals surface area contributed by atoms with Crippen LogP contribution in [0.2, 0.25) is 0 Å². The number of carbonyl (C=O) groups excluding carboxylic acids is 1. The molecule has 0 amide bonds. The van der Waals surface area contributed by atoms with Gasteiger partial charge in [0.2, 0.25) is 0 Å². The zero-order chi connectivity index (χ0) is 22.8. The fourth-order valence-electron chi connectivity index (χ4n) is 3.60. The predicted molar refractivity (Wildman–Crippen MR) is 124 cm³/mol. The summed E-state index contributed by atoms with van der Waals surface area (Å²) in [5, 5.41) is 1.92. The topological polar surface area (TPSA) is 79.1 Å². The van der Waals surface area contributed by atoms with Gasteiger partial charge in [0.05, 0.1) is 36.6 Å². The van der Waals surface area contributed by atoms with E-state index in [9.17, 15) is 9.59 Å². The number of fused-ring (bicyclic) bond motifs is 1. The van der Waals surface area contributed by atoms with Crippen molar-refractivity contribution in [2.45, 2.75) is 19.9 Å². The number of rotatable bonds is 6. The lowest BCUT2D eigenvalue weighted by Gasteiger charge is -2.23. The molecule has 0 saturated heterocycles. The number of benzene rings is 1. The summed E-state index contributed by atoms with van der Waals surface area (Å²) >= 11 is 2.75. The van der Waals surface area contributed by atoms with Crippen LogP contribution < -0.4 is 24.4 Å². The number of ether oxygens (including phenoxy) is 3. The van der Waals surface area contributed by atoms with Gasteiger partial charge >= 0.3 is 5.97 Å². The van der Waals surface area contributed by atoms with E-state index in [4.69, 9.17) is 14.2 Å². The van der Waals surface area contributed by atoms with Crippen molar-refractivity contribution in [3.8, 4) is 11.5 Å². The van der Waals surface area contributed by atoms with Gasteiger partial charge in [-0.15, -0.1) is 11.3 Å². The quantitative estimate of drug-likeness (QED) is 0.518. The summed E-state index contributed by atoms with van der Waals surface area (Å²) in [6, 6.07) is 8.62. The second-order valence-electron chi connectivity index (χ2n) is 6.93. The zero-order valence-corrected chi connectivity index (χ0v) is 19.7. The molecular weight excluding hydrogens is 448 g/mol. The van der Waals surface area contributed by atoms with Crippen LogP contribution in [0.15, 0.2) is 56.8 Å². The van der Waals surface area contributed by atoms with Crippen LogP contribution in [0.1, 0.15) is 30.3 Å². The number of hydrogen-bond acceptors (Lipinski definition) is 8. The molecule has 32 heavy (non-hydrogen) atoms. The van der Waals surface area contributed by atoms with Crippen LogP contribution >= 0.6 is 22.7 Å². The highest BCUT2D eigenvalue weighted by molar-refractivity contribution is 7.10. The molecular formula is C23H22N2O5S2. The largest absolute Gasteiger partial charge is 0.497 e. The van der Waals surface area contributed by atoms with Crippen LogP contribution in [-0.2, 0) is 9.53 Å². The molecule has 1 aromatic carbocycles. The summed E-state index contributed by atoms with van der Waals surface area (Å²) in [4.78, 5) is 32.3. The summed E-state index contributed by atoms with van der Waals surface area (Å²) in [6.45, 7) is 3.77. The third kappa shape index (κ3) is 3.89. The SMILES string of the molecule is CCOC(=O)C1=C(C)N=c2sc(=Cc3cc(OC)ccc3OC)c(=O)n2C1c1cccs1. The molecule has 0 bridgehead atoms. The molecule has 3 aromatic rings. The average molecular weight is 471 g/mol. The van der Waals surface area contributed by atoms with Crippen molar-refractivity contribution in [2.24, 2.45) is 4.99 Å². The zero-order valence-electron chi connectivity index (χ0n) is 18.1. The van der Waals surface area contributed by atoms with Crippen molar-refractivity contribution in [1.82, 2.24) is 4.57 Å². The van der Waals surface area contributed by atoms with Gasteiger partial charge in [0.1, 0.15) is 17.5 Å². The predicted octanol–water partition coefficient (Wildman–Crippen LogP) is 2.88. The van der Waals surface area contributed by atoms with E-state index in [0.717, 1.165) is 4.88 Å². The molecule has 0 aliphatic carbocycles. The van der Waals surface area contributed by atoms with Crippen LogP contribution in [0.25, 0.3) is 6.08 Å². The molecule has 1 atom stereocenters. The Bertz CT molecular complexity index is 1370. The monoisotopic (exact) mass is 470 g/mol. The van der Waals surface area contributed by atoms with Crippen molar-refractivity contribution in [2.75, 3.05) is 20.8 Å². The van der Waals surface area contributed by atoms with Crippen molar-refractivity contribution >= 4 is 34.7 Å². The maximum Gasteiger partial charge on any atom is 0.338 e. The van der Waals surface area contributed by atoms with E-state index in [0.29, 0.717) is 37.7 Å². The molecule has 0 spiro atoms. The van der Waals surface area contributed by atoms with E-state index < -0.39 is 12.0 Å². The van der Waals surface area contributed by atoms with E-state index in [-0.39, 0.29) is 12.2 Å².